The molecule has 0 aliphatic carbocycles. The van der Waals surface area contributed by atoms with Crippen LogP contribution < -0.4 is 0 Å². The fourth-order valence-electron chi connectivity index (χ4n) is 0.334. The van der Waals surface area contributed by atoms with E-state index in [-0.39, 0.29) is 11.1 Å². The summed E-state index contributed by atoms with van der Waals surface area (Å²) in [6, 6.07) is 0. The van der Waals surface area contributed by atoms with E-state index in [9.17, 15) is 0 Å². The van der Waals surface area contributed by atoms with Gasteiger partial charge in [-0.3, -0.25) is 4.39 Å². The van der Waals surface area contributed by atoms with Crippen LogP contribution in [0, 0.1) is 0 Å². The quantitative estimate of drug-likeness (QED) is 0.326. The molecule has 1 N–H and O–H groups in total. The zero-order valence-corrected chi connectivity index (χ0v) is 7.13. The Labute approximate surface area is 73.3 Å². The van der Waals surface area contributed by atoms with Gasteiger partial charge in [0.15, 0.2) is 11.9 Å². The number of hydrogen-bond donors (Lipinski definition) is 1. The minimum Gasteiger partial charge on any atom is -0.474 e. The highest BCUT2D eigenvalue weighted by Crippen LogP contribution is 1.95. The Balaban J connectivity index is 4.22. The minimum absolute atomic E-state index is 0.174. The van der Waals surface area contributed by atoms with Crippen molar-refractivity contribution < 1.29 is 14.3 Å². The first-order chi connectivity index (χ1) is 5.26. The SMILES string of the molecule is CCOC(=NOCl)C(Cl)=NO. The van der Waals surface area contributed by atoms with E-state index in [0.717, 1.165) is 0 Å². The van der Waals surface area contributed by atoms with Gasteiger partial charge < -0.3 is 9.94 Å². The van der Waals surface area contributed by atoms with Crippen LogP contribution >= 0.6 is 23.5 Å². The normalized spacial score (nSPS) is 13.0. The molecule has 0 saturated carbocycles. The molecular weight excluding hydrogens is 195 g/mol. The van der Waals surface area contributed by atoms with E-state index >= 15 is 0 Å². The van der Waals surface area contributed by atoms with Crippen molar-refractivity contribution in [2.75, 3.05) is 6.61 Å². The summed E-state index contributed by atoms with van der Waals surface area (Å²) in [5.41, 5.74) is 0. The fourth-order valence-corrected chi connectivity index (χ4v) is 0.486. The molecule has 0 aromatic carbocycles. The van der Waals surface area contributed by atoms with E-state index in [0.29, 0.717) is 6.61 Å². The average molecular weight is 201 g/mol. The Morgan fingerprint density at radius 3 is 2.64 bits per heavy atom. The second kappa shape index (κ2) is 6.06. The van der Waals surface area contributed by atoms with Crippen LogP contribution in [0.4, 0.5) is 0 Å². The van der Waals surface area contributed by atoms with Crippen molar-refractivity contribution in [2.45, 2.75) is 6.92 Å². The fraction of sp³-hybridized carbons (Fsp3) is 0.500. The predicted octanol–water partition coefficient (Wildman–Crippen LogP) is 1.53. The van der Waals surface area contributed by atoms with Crippen LogP contribution in [0.1, 0.15) is 6.92 Å². The maximum atomic E-state index is 8.15. The van der Waals surface area contributed by atoms with Gasteiger partial charge in [-0.1, -0.05) is 16.8 Å². The number of ether oxygens (including phenoxy) is 1. The molecule has 0 atom stereocenters. The maximum Gasteiger partial charge on any atom is 0.294 e. The van der Waals surface area contributed by atoms with Gasteiger partial charge >= 0.3 is 0 Å². The zero-order valence-electron chi connectivity index (χ0n) is 5.62. The van der Waals surface area contributed by atoms with E-state index in [1.807, 2.05) is 0 Å². The Morgan fingerprint density at radius 2 is 2.27 bits per heavy atom. The molecule has 0 aliphatic rings. The van der Waals surface area contributed by atoms with Crippen molar-refractivity contribution in [3.8, 4) is 0 Å². The van der Waals surface area contributed by atoms with Crippen molar-refractivity contribution in [3.63, 3.8) is 0 Å². The molecule has 0 unspecified atom stereocenters. The lowest BCUT2D eigenvalue weighted by Crippen LogP contribution is -2.12. The number of nitrogens with zero attached hydrogens (tertiary/aromatic N) is 2. The minimum atomic E-state index is -0.326. The first-order valence-electron chi connectivity index (χ1n) is 2.62. The summed E-state index contributed by atoms with van der Waals surface area (Å²) in [5.74, 6) is -0.174. The smallest absolute Gasteiger partial charge is 0.294 e. The highest BCUT2D eigenvalue weighted by molar-refractivity contribution is 6.82. The summed E-state index contributed by atoms with van der Waals surface area (Å²) < 4.78 is 8.59. The summed E-state index contributed by atoms with van der Waals surface area (Å²) >= 11 is 10.1. The van der Waals surface area contributed by atoms with E-state index in [2.05, 4.69) is 14.7 Å². The van der Waals surface area contributed by atoms with Gasteiger partial charge in [-0.2, -0.15) is 0 Å². The number of oxime groups is 2. The van der Waals surface area contributed by atoms with Crippen LogP contribution in [0.3, 0.4) is 0 Å². The largest absolute Gasteiger partial charge is 0.474 e. The van der Waals surface area contributed by atoms with Gasteiger partial charge in [-0.25, -0.2) is 0 Å². The van der Waals surface area contributed by atoms with E-state index in [4.69, 9.17) is 33.4 Å². The number of hydrogen-bond acceptors (Lipinski definition) is 5. The van der Waals surface area contributed by atoms with Crippen molar-refractivity contribution in [1.29, 1.82) is 0 Å². The average Bonchev–Trinajstić information content (AvgIpc) is 2.03. The van der Waals surface area contributed by atoms with Gasteiger partial charge in [0.05, 0.1) is 6.61 Å². The van der Waals surface area contributed by atoms with Crippen LogP contribution in [0.5, 0.6) is 0 Å². The standard InChI is InChI=1S/C4H6Cl2N2O3/c1-2-10-4(8-11-6)3(5)7-9/h9H,2H2,1H3. The summed E-state index contributed by atoms with van der Waals surface area (Å²) in [5, 5.41) is 13.6. The van der Waals surface area contributed by atoms with Crippen molar-refractivity contribution >= 4 is 34.5 Å². The molecule has 0 rings (SSSR count). The van der Waals surface area contributed by atoms with Crippen molar-refractivity contribution in [3.05, 3.63) is 0 Å². The van der Waals surface area contributed by atoms with Gasteiger partial charge in [-0.05, 0) is 12.1 Å². The Morgan fingerprint density at radius 1 is 1.64 bits per heavy atom. The molecule has 0 heterocycles. The third kappa shape index (κ3) is 3.90. The lowest BCUT2D eigenvalue weighted by atomic mass is 10.7. The van der Waals surface area contributed by atoms with Gasteiger partial charge in [0.2, 0.25) is 5.17 Å². The van der Waals surface area contributed by atoms with Crippen molar-refractivity contribution in [1.82, 2.24) is 0 Å². The molecule has 0 radical (unpaired) electrons. The molecule has 0 saturated heterocycles. The van der Waals surface area contributed by atoms with Gasteiger partial charge in [0.25, 0.3) is 5.90 Å². The molecule has 0 amide bonds. The summed E-state index contributed by atoms with van der Waals surface area (Å²) in [6.45, 7) is 2.01. The van der Waals surface area contributed by atoms with Crippen LogP contribution in [0.15, 0.2) is 10.3 Å². The molecule has 0 aromatic heterocycles. The highest BCUT2D eigenvalue weighted by atomic mass is 35.5. The van der Waals surface area contributed by atoms with E-state index in [1.54, 1.807) is 6.92 Å². The van der Waals surface area contributed by atoms with Crippen LogP contribution in [-0.2, 0) is 9.13 Å². The third-order valence-corrected chi connectivity index (χ3v) is 0.969. The third-order valence-electron chi connectivity index (χ3n) is 0.663. The van der Waals surface area contributed by atoms with Crippen LogP contribution in [-0.4, -0.2) is 22.9 Å². The maximum absolute atomic E-state index is 8.15. The zero-order chi connectivity index (χ0) is 8.69. The second-order valence-corrected chi connectivity index (χ2v) is 1.79. The van der Waals surface area contributed by atoms with Crippen LogP contribution in [0.2, 0.25) is 0 Å². The van der Waals surface area contributed by atoms with Crippen molar-refractivity contribution in [2.24, 2.45) is 10.3 Å². The lowest BCUT2D eigenvalue weighted by molar-refractivity contribution is 0.291. The summed E-state index contributed by atoms with van der Waals surface area (Å²) in [4.78, 5) is 0. The monoisotopic (exact) mass is 200 g/mol. The Hall–Kier alpha value is -0.680. The van der Waals surface area contributed by atoms with Gasteiger partial charge in [-0.15, -0.1) is 0 Å². The Bertz CT molecular complexity index is 171. The molecule has 0 spiro atoms. The topological polar surface area (TPSA) is 63.4 Å². The molecule has 0 fully saturated rings. The van der Waals surface area contributed by atoms with E-state index in [1.165, 1.54) is 0 Å². The molecule has 11 heavy (non-hydrogen) atoms. The number of rotatable bonds is 3. The molecule has 5 nitrogen and oxygen atoms in total. The second-order valence-electron chi connectivity index (χ2n) is 1.29. The van der Waals surface area contributed by atoms with Gasteiger partial charge in [0, 0.05) is 0 Å². The van der Waals surface area contributed by atoms with Gasteiger partial charge in [0.1, 0.15) is 0 Å². The molecule has 0 bridgehead atoms. The van der Waals surface area contributed by atoms with Crippen LogP contribution in [0.25, 0.3) is 0 Å². The molecular formula is C4H6Cl2N2O3. The molecule has 0 aromatic rings. The Kier molecular flexibility index (Phi) is 5.68. The first kappa shape index (κ1) is 10.3. The lowest BCUT2D eigenvalue weighted by Gasteiger charge is -2.00. The van der Waals surface area contributed by atoms with E-state index < -0.39 is 0 Å². The summed E-state index contributed by atoms with van der Waals surface area (Å²) in [7, 11) is 0. The predicted molar refractivity (Wildman–Crippen MR) is 41.1 cm³/mol. The highest BCUT2D eigenvalue weighted by Gasteiger charge is 2.08. The summed E-state index contributed by atoms with van der Waals surface area (Å²) in [6.07, 6.45) is 0. The first-order valence-corrected chi connectivity index (χ1v) is 3.31. The molecule has 0 aliphatic heterocycles. The number of halogens is 2. The molecule has 7 heteroatoms. The molecule has 64 valence electrons.